The van der Waals surface area contributed by atoms with Crippen molar-refractivity contribution in [2.75, 3.05) is 0 Å². The zero-order valence-electron chi connectivity index (χ0n) is 10.9. The Morgan fingerprint density at radius 2 is 2.37 bits per heavy atom. The maximum Gasteiger partial charge on any atom is 0.274 e. The maximum atomic E-state index is 8.80. The number of H-pyrrole nitrogens is 1. The fourth-order valence-corrected chi connectivity index (χ4v) is 2.76. The maximum absolute atomic E-state index is 8.80. The van der Waals surface area contributed by atoms with Crippen molar-refractivity contribution in [2.45, 2.75) is 38.5 Å². The van der Waals surface area contributed by atoms with Crippen LogP contribution in [0.3, 0.4) is 0 Å². The molecule has 2 atom stereocenters. The summed E-state index contributed by atoms with van der Waals surface area (Å²) in [5.41, 5.74) is 1.28. The van der Waals surface area contributed by atoms with Gasteiger partial charge in [0.25, 0.3) is 5.89 Å². The Hall–Kier alpha value is -2.09. The molecule has 19 heavy (non-hydrogen) atoms. The summed E-state index contributed by atoms with van der Waals surface area (Å²) in [5, 5.41) is 12.9. The van der Waals surface area contributed by atoms with Crippen LogP contribution in [0.4, 0.5) is 0 Å². The molecule has 2 aromatic rings. The lowest BCUT2D eigenvalue weighted by molar-refractivity contribution is 0.324. The fourth-order valence-electron chi connectivity index (χ4n) is 2.76. The van der Waals surface area contributed by atoms with Crippen molar-refractivity contribution < 1.29 is 4.52 Å². The lowest BCUT2D eigenvalue weighted by Gasteiger charge is -2.23. The first kappa shape index (κ1) is 12.0. The van der Waals surface area contributed by atoms with Crippen LogP contribution in [0.1, 0.15) is 49.9 Å². The molecule has 0 aliphatic heterocycles. The largest absolute Gasteiger partial charge is 0.356 e. The van der Waals surface area contributed by atoms with Gasteiger partial charge in [-0.2, -0.15) is 10.2 Å². The summed E-state index contributed by atoms with van der Waals surface area (Å²) >= 11 is 0. The number of hydrogen-bond donors (Lipinski definition) is 1. The molecule has 2 aromatic heterocycles. The molecule has 1 fully saturated rings. The summed E-state index contributed by atoms with van der Waals surface area (Å²) < 4.78 is 5.30. The summed E-state index contributed by atoms with van der Waals surface area (Å²) in [6.07, 6.45) is 6.44. The first-order valence-electron chi connectivity index (χ1n) is 6.68. The van der Waals surface area contributed by atoms with E-state index in [1.165, 1.54) is 12.8 Å². The molecule has 1 saturated carbocycles. The van der Waals surface area contributed by atoms with Crippen molar-refractivity contribution in [1.29, 1.82) is 5.26 Å². The van der Waals surface area contributed by atoms with Crippen molar-refractivity contribution in [3.63, 3.8) is 0 Å². The van der Waals surface area contributed by atoms with Crippen LogP contribution in [-0.2, 0) is 0 Å². The van der Waals surface area contributed by atoms with Gasteiger partial charge in [0.2, 0.25) is 0 Å². The van der Waals surface area contributed by atoms with Crippen molar-refractivity contribution in [3.8, 4) is 17.7 Å². The van der Waals surface area contributed by atoms with Crippen molar-refractivity contribution >= 4 is 0 Å². The summed E-state index contributed by atoms with van der Waals surface area (Å²) in [6.45, 7) is 2.28. The summed E-state index contributed by atoms with van der Waals surface area (Å²) in [4.78, 5) is 7.45. The van der Waals surface area contributed by atoms with E-state index in [-0.39, 0.29) is 0 Å². The van der Waals surface area contributed by atoms with Crippen LogP contribution in [0.5, 0.6) is 0 Å². The lowest BCUT2D eigenvalue weighted by atomic mass is 9.82. The average molecular weight is 256 g/mol. The molecule has 98 valence electrons. The Balaban J connectivity index is 1.81. The Bertz CT molecular complexity index is 607. The van der Waals surface area contributed by atoms with E-state index in [1.807, 2.05) is 0 Å². The van der Waals surface area contributed by atoms with Gasteiger partial charge in [0, 0.05) is 12.1 Å². The number of aromatic amines is 1. The highest BCUT2D eigenvalue weighted by molar-refractivity contribution is 5.51. The van der Waals surface area contributed by atoms with E-state index in [0.717, 1.165) is 24.6 Å². The number of nitriles is 1. The zero-order valence-corrected chi connectivity index (χ0v) is 10.9. The summed E-state index contributed by atoms with van der Waals surface area (Å²) in [5.74, 6) is 2.41. The van der Waals surface area contributed by atoms with Gasteiger partial charge in [-0.25, -0.2) is 0 Å². The Labute approximate surface area is 111 Å². The molecule has 2 heterocycles. The average Bonchev–Trinajstić information content (AvgIpc) is 3.07. The Morgan fingerprint density at radius 1 is 1.47 bits per heavy atom. The molecule has 1 N–H and O–H groups in total. The van der Waals surface area contributed by atoms with E-state index in [0.29, 0.717) is 23.1 Å². The second-order valence-corrected chi connectivity index (χ2v) is 5.34. The van der Waals surface area contributed by atoms with E-state index in [4.69, 9.17) is 9.78 Å². The number of nitrogens with one attached hydrogen (secondary N) is 1. The van der Waals surface area contributed by atoms with Crippen LogP contribution >= 0.6 is 0 Å². The molecule has 0 aromatic carbocycles. The minimum absolute atomic E-state index is 0.409. The quantitative estimate of drug-likeness (QED) is 0.894. The first-order valence-corrected chi connectivity index (χ1v) is 6.68. The van der Waals surface area contributed by atoms with Gasteiger partial charge < -0.3 is 9.51 Å². The summed E-state index contributed by atoms with van der Waals surface area (Å²) in [7, 11) is 0. The minimum Gasteiger partial charge on any atom is -0.356 e. The van der Waals surface area contributed by atoms with Crippen molar-refractivity contribution in [1.82, 2.24) is 15.1 Å². The Morgan fingerprint density at radius 3 is 3.11 bits per heavy atom. The normalized spacial score (nSPS) is 23.2. The van der Waals surface area contributed by atoms with Crippen LogP contribution in [0.2, 0.25) is 0 Å². The van der Waals surface area contributed by atoms with Crippen LogP contribution in [0.25, 0.3) is 11.6 Å². The lowest BCUT2D eigenvalue weighted by Crippen LogP contribution is -2.12. The highest BCUT2D eigenvalue weighted by Crippen LogP contribution is 2.35. The molecule has 0 amide bonds. The highest BCUT2D eigenvalue weighted by atomic mass is 16.5. The van der Waals surface area contributed by atoms with Crippen molar-refractivity contribution in [2.24, 2.45) is 5.92 Å². The van der Waals surface area contributed by atoms with E-state index in [2.05, 4.69) is 28.1 Å². The van der Waals surface area contributed by atoms with Gasteiger partial charge in [0.05, 0.1) is 5.56 Å². The molecular weight excluding hydrogens is 240 g/mol. The molecule has 2 unspecified atom stereocenters. The van der Waals surface area contributed by atoms with Gasteiger partial charge in [-0.1, -0.05) is 24.9 Å². The minimum atomic E-state index is 0.409. The smallest absolute Gasteiger partial charge is 0.274 e. The Kier molecular flexibility index (Phi) is 3.08. The first-order chi connectivity index (χ1) is 9.26. The molecule has 0 saturated heterocycles. The third-order valence-corrected chi connectivity index (χ3v) is 3.79. The summed E-state index contributed by atoms with van der Waals surface area (Å²) in [6, 6.07) is 3.79. The SMILES string of the molecule is CC1CCCC(c2noc(-c3cc(C#N)c[nH]3)n2)C1. The molecule has 0 spiro atoms. The van der Waals surface area contributed by atoms with E-state index in [1.54, 1.807) is 12.3 Å². The van der Waals surface area contributed by atoms with Gasteiger partial charge in [0.15, 0.2) is 5.82 Å². The number of hydrogen-bond acceptors (Lipinski definition) is 4. The third-order valence-electron chi connectivity index (χ3n) is 3.79. The topological polar surface area (TPSA) is 78.5 Å². The van der Waals surface area contributed by atoms with Gasteiger partial charge in [-0.05, 0) is 24.8 Å². The van der Waals surface area contributed by atoms with Crippen LogP contribution < -0.4 is 0 Å². The number of aromatic nitrogens is 3. The third kappa shape index (κ3) is 2.39. The molecule has 5 heteroatoms. The van der Waals surface area contributed by atoms with Crippen LogP contribution in [0, 0.1) is 17.2 Å². The highest BCUT2D eigenvalue weighted by Gasteiger charge is 2.25. The van der Waals surface area contributed by atoms with E-state index in [9.17, 15) is 0 Å². The molecule has 1 aliphatic rings. The predicted molar refractivity (Wildman–Crippen MR) is 69.2 cm³/mol. The van der Waals surface area contributed by atoms with Gasteiger partial charge in [-0.15, -0.1) is 0 Å². The zero-order chi connectivity index (χ0) is 13.2. The standard InChI is InChI=1S/C14H16N4O/c1-9-3-2-4-11(5-9)13-17-14(19-18-13)12-6-10(7-15)8-16-12/h6,8-9,11,16H,2-5H2,1H3. The van der Waals surface area contributed by atoms with Gasteiger partial charge in [-0.3, -0.25) is 0 Å². The van der Waals surface area contributed by atoms with Gasteiger partial charge in [0.1, 0.15) is 11.8 Å². The number of rotatable bonds is 2. The molecule has 1 aliphatic carbocycles. The fraction of sp³-hybridized carbons (Fsp3) is 0.500. The predicted octanol–water partition coefficient (Wildman–Crippen LogP) is 3.23. The van der Waals surface area contributed by atoms with Gasteiger partial charge >= 0.3 is 0 Å². The monoisotopic (exact) mass is 256 g/mol. The molecular formula is C14H16N4O. The molecule has 5 nitrogen and oxygen atoms in total. The second-order valence-electron chi connectivity index (χ2n) is 5.34. The number of nitrogens with zero attached hydrogens (tertiary/aromatic N) is 3. The van der Waals surface area contributed by atoms with Crippen molar-refractivity contribution in [3.05, 3.63) is 23.7 Å². The molecule has 0 bridgehead atoms. The van der Waals surface area contributed by atoms with Crippen LogP contribution in [0.15, 0.2) is 16.8 Å². The van der Waals surface area contributed by atoms with Crippen LogP contribution in [-0.4, -0.2) is 15.1 Å². The molecule has 0 radical (unpaired) electrons. The second kappa shape index (κ2) is 4.88. The van der Waals surface area contributed by atoms with E-state index < -0.39 is 0 Å². The molecule has 3 rings (SSSR count). The van der Waals surface area contributed by atoms with E-state index >= 15 is 0 Å².